The van der Waals surface area contributed by atoms with E-state index in [9.17, 15) is 14.0 Å². The fraction of sp³-hybridized carbons (Fsp3) is 0.400. The number of carbonyl (C=O) groups excluding carboxylic acids is 2. The van der Waals surface area contributed by atoms with Gasteiger partial charge in [-0.15, -0.1) is 0 Å². The maximum absolute atomic E-state index is 13.8. The van der Waals surface area contributed by atoms with Gasteiger partial charge in [0.1, 0.15) is 12.4 Å². The first-order chi connectivity index (χ1) is 17.8. The molecule has 5 nitrogen and oxygen atoms in total. The molecule has 0 aliphatic heterocycles. The minimum absolute atomic E-state index is 0.0469. The van der Waals surface area contributed by atoms with Crippen molar-refractivity contribution >= 4 is 23.4 Å². The zero-order valence-electron chi connectivity index (χ0n) is 21.6. The topological polar surface area (TPSA) is 45.6 Å². The Kier molecular flexibility index (Phi) is 9.04. The van der Waals surface area contributed by atoms with Gasteiger partial charge in [0.05, 0.1) is 6.54 Å². The number of nitrogens with zero attached hydrogens (tertiary/aromatic N) is 3. The summed E-state index contributed by atoms with van der Waals surface area (Å²) in [7, 11) is 0. The standard InChI is InChI=1S/C30H35ClFN3O2/c1-22(2)34(30(37)23-11-8-12-25(32)18-23)21-29(36)35(26-13-4-3-5-14-26)20-27-15-9-17-33(27)19-24-10-6-7-16-28(24)31/h6-12,15-18,22,26H,3-5,13-14,19-21H2,1-2H3. The van der Waals surface area contributed by atoms with E-state index in [0.29, 0.717) is 18.1 Å². The number of benzene rings is 2. The van der Waals surface area contributed by atoms with Crippen molar-refractivity contribution in [2.24, 2.45) is 0 Å². The molecule has 0 radical (unpaired) electrons. The second-order valence-corrected chi connectivity index (χ2v) is 10.5. The number of hydrogen-bond donors (Lipinski definition) is 0. The highest BCUT2D eigenvalue weighted by Crippen LogP contribution is 2.26. The third-order valence-electron chi connectivity index (χ3n) is 7.15. The van der Waals surface area contributed by atoms with E-state index in [0.717, 1.165) is 36.9 Å². The summed E-state index contributed by atoms with van der Waals surface area (Å²) in [4.78, 5) is 30.6. The summed E-state index contributed by atoms with van der Waals surface area (Å²) >= 11 is 6.41. The quantitative estimate of drug-likeness (QED) is 0.319. The zero-order chi connectivity index (χ0) is 26.4. The van der Waals surface area contributed by atoms with Crippen molar-refractivity contribution < 1.29 is 14.0 Å². The molecule has 0 saturated heterocycles. The minimum atomic E-state index is -0.469. The highest BCUT2D eigenvalue weighted by Gasteiger charge is 2.30. The SMILES string of the molecule is CC(C)N(CC(=O)N(Cc1cccn1Cc1ccccc1Cl)C1CCCCC1)C(=O)c1cccc(F)c1. The summed E-state index contributed by atoms with van der Waals surface area (Å²) in [5.41, 5.74) is 2.29. The Labute approximate surface area is 223 Å². The fourth-order valence-electron chi connectivity index (χ4n) is 5.06. The molecule has 1 aromatic heterocycles. The van der Waals surface area contributed by atoms with Crippen molar-refractivity contribution in [3.63, 3.8) is 0 Å². The van der Waals surface area contributed by atoms with Crippen molar-refractivity contribution in [3.8, 4) is 0 Å². The van der Waals surface area contributed by atoms with Crippen LogP contribution in [0, 0.1) is 5.82 Å². The van der Waals surface area contributed by atoms with E-state index in [1.54, 1.807) is 6.07 Å². The molecule has 3 aromatic rings. The van der Waals surface area contributed by atoms with Crippen LogP contribution in [0.3, 0.4) is 0 Å². The fourth-order valence-corrected chi connectivity index (χ4v) is 5.25. The van der Waals surface area contributed by atoms with Gasteiger partial charge in [-0.3, -0.25) is 9.59 Å². The number of carbonyl (C=O) groups is 2. The molecular weight excluding hydrogens is 489 g/mol. The van der Waals surface area contributed by atoms with Crippen LogP contribution < -0.4 is 0 Å². The van der Waals surface area contributed by atoms with E-state index in [1.165, 1.54) is 29.5 Å². The maximum atomic E-state index is 13.8. The molecule has 4 rings (SSSR count). The summed E-state index contributed by atoms with van der Waals surface area (Å²) in [5.74, 6) is -0.895. The molecule has 0 bridgehead atoms. The van der Waals surface area contributed by atoms with E-state index < -0.39 is 5.82 Å². The summed E-state index contributed by atoms with van der Waals surface area (Å²) in [6, 6.07) is 17.4. The smallest absolute Gasteiger partial charge is 0.254 e. The summed E-state index contributed by atoms with van der Waals surface area (Å²) in [6.45, 7) is 4.79. The van der Waals surface area contributed by atoms with Crippen LogP contribution in [-0.4, -0.2) is 44.8 Å². The lowest BCUT2D eigenvalue weighted by molar-refractivity contribution is -0.136. The van der Waals surface area contributed by atoms with Gasteiger partial charge in [0.15, 0.2) is 0 Å². The molecule has 1 aliphatic carbocycles. The van der Waals surface area contributed by atoms with Crippen LogP contribution in [0.5, 0.6) is 0 Å². The molecule has 0 unspecified atom stereocenters. The van der Waals surface area contributed by atoms with Crippen LogP contribution in [-0.2, 0) is 17.9 Å². The van der Waals surface area contributed by atoms with Crippen LogP contribution >= 0.6 is 11.6 Å². The lowest BCUT2D eigenvalue weighted by atomic mass is 9.94. The van der Waals surface area contributed by atoms with Gasteiger partial charge in [-0.2, -0.15) is 0 Å². The molecule has 196 valence electrons. The number of amides is 2. The average molecular weight is 524 g/mol. The highest BCUT2D eigenvalue weighted by atomic mass is 35.5. The molecule has 1 aliphatic rings. The van der Waals surface area contributed by atoms with Crippen LogP contribution in [0.1, 0.15) is 67.6 Å². The van der Waals surface area contributed by atoms with Crippen molar-refractivity contribution in [2.45, 2.75) is 71.1 Å². The van der Waals surface area contributed by atoms with Crippen molar-refractivity contribution in [1.82, 2.24) is 14.4 Å². The van der Waals surface area contributed by atoms with Gasteiger partial charge in [0, 0.05) is 41.1 Å². The maximum Gasteiger partial charge on any atom is 0.254 e. The van der Waals surface area contributed by atoms with Gasteiger partial charge in [-0.05, 0) is 68.7 Å². The van der Waals surface area contributed by atoms with Gasteiger partial charge in [-0.1, -0.05) is 55.1 Å². The molecule has 37 heavy (non-hydrogen) atoms. The normalized spacial score (nSPS) is 14.1. The van der Waals surface area contributed by atoms with Gasteiger partial charge in [0.2, 0.25) is 5.91 Å². The molecule has 0 atom stereocenters. The van der Waals surface area contributed by atoms with Crippen LogP contribution in [0.4, 0.5) is 4.39 Å². The van der Waals surface area contributed by atoms with E-state index in [4.69, 9.17) is 11.6 Å². The van der Waals surface area contributed by atoms with Crippen LogP contribution in [0.15, 0.2) is 66.9 Å². The largest absolute Gasteiger partial charge is 0.345 e. The second-order valence-electron chi connectivity index (χ2n) is 10.1. The first-order valence-electron chi connectivity index (χ1n) is 13.1. The number of aromatic nitrogens is 1. The molecule has 2 aromatic carbocycles. The van der Waals surface area contributed by atoms with Gasteiger partial charge >= 0.3 is 0 Å². The summed E-state index contributed by atoms with van der Waals surface area (Å²) in [5, 5.41) is 0.714. The lowest BCUT2D eigenvalue weighted by Gasteiger charge is -2.37. The van der Waals surface area contributed by atoms with Crippen molar-refractivity contribution in [2.75, 3.05) is 6.54 Å². The zero-order valence-corrected chi connectivity index (χ0v) is 22.3. The Morgan fingerprint density at radius 3 is 2.49 bits per heavy atom. The molecule has 0 N–H and O–H groups in total. The van der Waals surface area contributed by atoms with E-state index in [2.05, 4.69) is 4.57 Å². The molecule has 1 saturated carbocycles. The van der Waals surface area contributed by atoms with Gasteiger partial charge < -0.3 is 14.4 Å². The lowest BCUT2D eigenvalue weighted by Crippen LogP contribution is -2.49. The molecule has 1 fully saturated rings. The third kappa shape index (κ3) is 6.80. The minimum Gasteiger partial charge on any atom is -0.345 e. The number of halogens is 2. The summed E-state index contributed by atoms with van der Waals surface area (Å²) < 4.78 is 15.9. The number of rotatable bonds is 9. The highest BCUT2D eigenvalue weighted by molar-refractivity contribution is 6.31. The second kappa shape index (κ2) is 12.4. The van der Waals surface area contributed by atoms with Gasteiger partial charge in [0.25, 0.3) is 5.91 Å². The first kappa shape index (κ1) is 26.9. The van der Waals surface area contributed by atoms with Crippen molar-refractivity contribution in [1.29, 1.82) is 0 Å². The van der Waals surface area contributed by atoms with E-state index in [-0.39, 0.29) is 36.0 Å². The Bertz CT molecular complexity index is 1220. The van der Waals surface area contributed by atoms with Crippen LogP contribution in [0.25, 0.3) is 0 Å². The molecule has 7 heteroatoms. The Morgan fingerprint density at radius 2 is 1.78 bits per heavy atom. The predicted molar refractivity (Wildman–Crippen MR) is 145 cm³/mol. The Morgan fingerprint density at radius 1 is 1.03 bits per heavy atom. The van der Waals surface area contributed by atoms with E-state index in [1.807, 2.05) is 61.3 Å². The van der Waals surface area contributed by atoms with E-state index >= 15 is 0 Å². The predicted octanol–water partition coefficient (Wildman–Crippen LogP) is 6.54. The Hall–Kier alpha value is -3.12. The first-order valence-corrected chi connectivity index (χ1v) is 13.4. The summed E-state index contributed by atoms with van der Waals surface area (Å²) in [6.07, 6.45) is 7.27. The molecule has 2 amide bonds. The molecule has 1 heterocycles. The van der Waals surface area contributed by atoms with Gasteiger partial charge in [-0.25, -0.2) is 4.39 Å². The number of hydrogen-bond acceptors (Lipinski definition) is 2. The van der Waals surface area contributed by atoms with Crippen LogP contribution in [0.2, 0.25) is 5.02 Å². The molecule has 0 spiro atoms. The average Bonchev–Trinajstić information content (AvgIpc) is 3.33. The van der Waals surface area contributed by atoms with Crippen molar-refractivity contribution in [3.05, 3.63) is 94.5 Å². The third-order valence-corrected chi connectivity index (χ3v) is 7.52. The monoisotopic (exact) mass is 523 g/mol. The Balaban J connectivity index is 1.56. The molecular formula is C30H35ClFN3O2.